The topological polar surface area (TPSA) is 111 Å². The zero-order valence-corrected chi connectivity index (χ0v) is 22.3. The fraction of sp³-hybridized carbons (Fsp3) is 0.667. The number of aromatic nitrogens is 4. The average molecular weight is 503 g/mol. The number of fused-ring (bicyclic) bond motifs is 1. The predicted octanol–water partition coefficient (Wildman–Crippen LogP) is 1.92. The summed E-state index contributed by atoms with van der Waals surface area (Å²) in [6.07, 6.45) is 4.33. The lowest BCUT2D eigenvalue weighted by atomic mass is 10.1. The molecule has 0 aromatic carbocycles. The van der Waals surface area contributed by atoms with E-state index in [1.165, 1.54) is 0 Å². The highest BCUT2D eigenvalue weighted by atomic mass is 32.2. The maximum absolute atomic E-state index is 13.3. The normalized spacial score (nSPS) is 20.8. The zero-order chi connectivity index (χ0) is 25.1. The van der Waals surface area contributed by atoms with Gasteiger partial charge in [0, 0.05) is 51.9 Å². The molecule has 4 heterocycles. The van der Waals surface area contributed by atoms with Crippen molar-refractivity contribution in [3.8, 4) is 0 Å². The minimum absolute atomic E-state index is 0.0103. The maximum atomic E-state index is 13.3. The Bertz CT molecular complexity index is 1040. The van der Waals surface area contributed by atoms with Crippen LogP contribution >= 0.6 is 0 Å². The van der Waals surface area contributed by atoms with E-state index in [4.69, 9.17) is 9.97 Å². The van der Waals surface area contributed by atoms with E-state index in [0.717, 1.165) is 61.1 Å². The molecule has 2 aromatic heterocycles. The molecule has 2 aromatic rings. The van der Waals surface area contributed by atoms with Crippen LogP contribution in [0.4, 0.5) is 23.3 Å². The van der Waals surface area contributed by atoms with Crippen LogP contribution in [0.25, 0.3) is 0 Å². The van der Waals surface area contributed by atoms with Gasteiger partial charge in [0.1, 0.15) is 10.7 Å². The molecule has 0 spiro atoms. The number of aliphatic hydroxyl groups excluding tert-OH is 1. The van der Waals surface area contributed by atoms with Gasteiger partial charge in [-0.1, -0.05) is 27.2 Å². The van der Waals surface area contributed by atoms with E-state index in [0.29, 0.717) is 18.2 Å². The van der Waals surface area contributed by atoms with Gasteiger partial charge in [-0.2, -0.15) is 10.1 Å². The maximum Gasteiger partial charge on any atom is 0.227 e. The second-order valence-corrected chi connectivity index (χ2v) is 11.5. The fourth-order valence-corrected chi connectivity index (χ4v) is 6.44. The lowest BCUT2D eigenvalue weighted by Gasteiger charge is -2.37. The minimum Gasteiger partial charge on any atom is -0.394 e. The summed E-state index contributed by atoms with van der Waals surface area (Å²) in [5.41, 5.74) is 1.95. The van der Waals surface area contributed by atoms with Crippen molar-refractivity contribution in [1.29, 1.82) is 0 Å². The molecule has 35 heavy (non-hydrogen) atoms. The van der Waals surface area contributed by atoms with Crippen LogP contribution in [0.5, 0.6) is 0 Å². The molecule has 10 nitrogen and oxygen atoms in total. The highest BCUT2D eigenvalue weighted by Gasteiger charge is 2.35. The van der Waals surface area contributed by atoms with Crippen LogP contribution in [0.15, 0.2) is 17.2 Å². The lowest BCUT2D eigenvalue weighted by Crippen LogP contribution is -2.47. The molecule has 0 amide bonds. The third kappa shape index (κ3) is 5.35. The SMILES string of the molecule is CCCC1Cc2nc(N3CCN(c4ccnnc4N(C)C)CC3)nc(NC(CO)C(C)C)c2S1=O. The Morgan fingerprint density at radius 3 is 2.54 bits per heavy atom. The third-order valence-electron chi connectivity index (χ3n) is 6.79. The van der Waals surface area contributed by atoms with Crippen LogP contribution in [0.3, 0.4) is 0 Å². The van der Waals surface area contributed by atoms with Crippen LogP contribution in [0, 0.1) is 5.92 Å². The molecule has 0 bridgehead atoms. The first-order valence-corrected chi connectivity index (χ1v) is 13.7. The number of aliphatic hydroxyl groups is 1. The van der Waals surface area contributed by atoms with Gasteiger partial charge in [-0.25, -0.2) is 4.98 Å². The van der Waals surface area contributed by atoms with E-state index >= 15 is 0 Å². The number of nitrogens with one attached hydrogen (secondary N) is 1. The first kappa shape index (κ1) is 25.6. The Balaban J connectivity index is 1.59. The first-order valence-electron chi connectivity index (χ1n) is 12.5. The van der Waals surface area contributed by atoms with Crippen molar-refractivity contribution in [2.45, 2.75) is 56.2 Å². The molecule has 1 saturated heterocycles. The summed E-state index contributed by atoms with van der Waals surface area (Å²) in [6, 6.07) is 1.85. The zero-order valence-electron chi connectivity index (χ0n) is 21.4. The molecule has 2 N–H and O–H groups in total. The van der Waals surface area contributed by atoms with Crippen molar-refractivity contribution >= 4 is 34.1 Å². The first-order chi connectivity index (χ1) is 16.8. The second kappa shape index (κ2) is 11.0. The van der Waals surface area contributed by atoms with Crippen LogP contribution < -0.4 is 20.0 Å². The van der Waals surface area contributed by atoms with Gasteiger partial charge in [-0.05, 0) is 18.4 Å². The van der Waals surface area contributed by atoms with E-state index < -0.39 is 10.8 Å². The number of hydrogen-bond donors (Lipinski definition) is 2. The van der Waals surface area contributed by atoms with Crippen molar-refractivity contribution in [3.63, 3.8) is 0 Å². The fourth-order valence-electron chi connectivity index (χ4n) is 4.69. The van der Waals surface area contributed by atoms with Crippen LogP contribution in [-0.2, 0) is 17.2 Å². The average Bonchev–Trinajstić information content (AvgIpc) is 3.17. The highest BCUT2D eigenvalue weighted by molar-refractivity contribution is 7.86. The van der Waals surface area contributed by atoms with Crippen LogP contribution in [0.1, 0.15) is 39.3 Å². The van der Waals surface area contributed by atoms with Gasteiger partial charge in [-0.15, -0.1) is 5.10 Å². The van der Waals surface area contributed by atoms with Crippen molar-refractivity contribution in [3.05, 3.63) is 18.0 Å². The Labute approximate surface area is 210 Å². The summed E-state index contributed by atoms with van der Waals surface area (Å²) < 4.78 is 13.3. The van der Waals surface area contributed by atoms with Gasteiger partial charge >= 0.3 is 0 Å². The minimum atomic E-state index is -1.14. The van der Waals surface area contributed by atoms with Gasteiger partial charge in [0.25, 0.3) is 0 Å². The Morgan fingerprint density at radius 1 is 1.20 bits per heavy atom. The van der Waals surface area contributed by atoms with Crippen molar-refractivity contribution in [1.82, 2.24) is 20.2 Å². The molecular weight excluding hydrogens is 464 g/mol. The Hall–Kier alpha value is -2.53. The molecule has 2 aliphatic heterocycles. The van der Waals surface area contributed by atoms with E-state index in [1.807, 2.05) is 25.1 Å². The number of piperazine rings is 1. The molecular formula is C24H38N8O2S. The summed E-state index contributed by atoms with van der Waals surface area (Å²) >= 11 is 0. The number of anilines is 4. The summed E-state index contributed by atoms with van der Waals surface area (Å²) in [7, 11) is 2.81. The highest BCUT2D eigenvalue weighted by Crippen LogP contribution is 2.36. The predicted molar refractivity (Wildman–Crippen MR) is 141 cm³/mol. The van der Waals surface area contributed by atoms with Crippen LogP contribution in [0.2, 0.25) is 0 Å². The number of rotatable bonds is 9. The summed E-state index contributed by atoms with van der Waals surface area (Å²) in [6.45, 7) is 9.38. The van der Waals surface area contributed by atoms with Crippen molar-refractivity contribution < 1.29 is 9.32 Å². The molecule has 0 aliphatic carbocycles. The molecule has 0 radical (unpaired) electrons. The monoisotopic (exact) mass is 502 g/mol. The standard InChI is InChI=1S/C24H38N8O2S/c1-6-7-17-14-18-21(35(17)34)22(26-19(15-33)16(2)3)28-24(27-18)32-12-10-31(11-13-32)20-8-9-25-29-23(20)30(4)5/h8-9,16-17,19,33H,6-7,10-15H2,1-5H3,(H,26,27,28). The number of nitrogens with zero attached hydrogens (tertiary/aromatic N) is 7. The molecule has 3 unspecified atom stereocenters. The smallest absolute Gasteiger partial charge is 0.227 e. The molecule has 2 aliphatic rings. The Kier molecular flexibility index (Phi) is 8.05. The van der Waals surface area contributed by atoms with Gasteiger partial charge < -0.3 is 25.1 Å². The van der Waals surface area contributed by atoms with Gasteiger partial charge in [0.2, 0.25) is 5.95 Å². The van der Waals surface area contributed by atoms with Gasteiger partial charge in [0.15, 0.2) is 5.82 Å². The van der Waals surface area contributed by atoms with Gasteiger partial charge in [-0.3, -0.25) is 4.21 Å². The quantitative estimate of drug-likeness (QED) is 0.528. The molecule has 3 atom stereocenters. The van der Waals surface area contributed by atoms with Crippen molar-refractivity contribution in [2.24, 2.45) is 5.92 Å². The largest absolute Gasteiger partial charge is 0.394 e. The summed E-state index contributed by atoms with van der Waals surface area (Å²) in [5.74, 6) is 2.35. The molecule has 4 rings (SSSR count). The van der Waals surface area contributed by atoms with E-state index in [9.17, 15) is 9.32 Å². The third-order valence-corrected chi connectivity index (χ3v) is 8.63. The number of hydrogen-bond acceptors (Lipinski definition) is 10. The lowest BCUT2D eigenvalue weighted by molar-refractivity contribution is 0.249. The van der Waals surface area contributed by atoms with Gasteiger partial charge in [0.05, 0.1) is 41.0 Å². The van der Waals surface area contributed by atoms with E-state index in [1.54, 1.807) is 6.20 Å². The molecule has 0 saturated carbocycles. The van der Waals surface area contributed by atoms with Crippen molar-refractivity contribution in [2.75, 3.05) is 66.9 Å². The molecule has 1 fully saturated rings. The van der Waals surface area contributed by atoms with Crippen LogP contribution in [-0.4, -0.2) is 87.7 Å². The molecule has 11 heteroatoms. The van der Waals surface area contributed by atoms with E-state index in [-0.39, 0.29) is 23.8 Å². The van der Waals surface area contributed by atoms with E-state index in [2.05, 4.69) is 46.1 Å². The summed E-state index contributed by atoms with van der Waals surface area (Å²) in [5, 5.41) is 21.7. The second-order valence-electron chi connectivity index (χ2n) is 9.85. The summed E-state index contributed by atoms with van der Waals surface area (Å²) in [4.78, 5) is 17.0. The molecule has 192 valence electrons. The Morgan fingerprint density at radius 2 is 1.91 bits per heavy atom.